The Morgan fingerprint density at radius 1 is 1.00 bits per heavy atom. The third-order valence-corrected chi connectivity index (χ3v) is 4.18. The average Bonchev–Trinajstić information content (AvgIpc) is 2.88. The molecule has 1 heteroatoms. The van der Waals surface area contributed by atoms with Crippen molar-refractivity contribution in [1.82, 2.24) is 0 Å². The molecule has 18 heavy (non-hydrogen) atoms. The van der Waals surface area contributed by atoms with E-state index in [4.69, 9.17) is 0 Å². The Morgan fingerprint density at radius 2 is 1.83 bits per heavy atom. The second-order valence-electron chi connectivity index (χ2n) is 5.21. The van der Waals surface area contributed by atoms with E-state index in [2.05, 4.69) is 67.4 Å². The zero-order chi connectivity index (χ0) is 12.3. The number of benzene rings is 2. The molecule has 0 bridgehead atoms. The number of hydrogen-bond acceptors (Lipinski definition) is 1. The van der Waals surface area contributed by atoms with Crippen molar-refractivity contribution in [2.45, 2.75) is 13.0 Å². The number of likely N-dealkylation sites (N-methyl/N-ethyl adjacent to an activating group) is 1. The van der Waals surface area contributed by atoms with Crippen LogP contribution in [0, 0.1) is 6.92 Å². The van der Waals surface area contributed by atoms with Crippen molar-refractivity contribution in [3.8, 4) is 0 Å². The second-order valence-corrected chi connectivity index (χ2v) is 5.21. The summed E-state index contributed by atoms with van der Waals surface area (Å²) in [5.74, 6) is 0. The normalized spacial score (nSPS) is 19.3. The molecule has 1 aliphatic heterocycles. The lowest BCUT2D eigenvalue weighted by Crippen LogP contribution is -2.18. The van der Waals surface area contributed by atoms with Gasteiger partial charge in [-0.25, -0.2) is 0 Å². The van der Waals surface area contributed by atoms with E-state index in [1.807, 2.05) is 0 Å². The predicted octanol–water partition coefficient (Wildman–Crippen LogP) is 4.04. The lowest BCUT2D eigenvalue weighted by Gasteiger charge is -2.23. The first-order valence-electron chi connectivity index (χ1n) is 6.41. The van der Waals surface area contributed by atoms with Gasteiger partial charge in [-0.1, -0.05) is 42.5 Å². The zero-order valence-electron chi connectivity index (χ0n) is 10.6. The Balaban J connectivity index is 2.00. The Labute approximate surface area is 107 Å². The van der Waals surface area contributed by atoms with Crippen LogP contribution in [0.3, 0.4) is 0 Å². The number of para-hydroxylation sites is 1. The molecule has 0 aromatic heterocycles. The van der Waals surface area contributed by atoms with Crippen LogP contribution in [0.25, 0.3) is 11.6 Å². The van der Waals surface area contributed by atoms with Gasteiger partial charge in [0.2, 0.25) is 0 Å². The first kappa shape index (κ1) is 9.95. The Morgan fingerprint density at radius 3 is 2.72 bits per heavy atom. The zero-order valence-corrected chi connectivity index (χ0v) is 10.6. The number of anilines is 1. The van der Waals surface area contributed by atoms with Gasteiger partial charge < -0.3 is 4.90 Å². The molecule has 4 rings (SSSR count). The lowest BCUT2D eigenvalue weighted by molar-refractivity contribution is 0.866. The highest BCUT2D eigenvalue weighted by molar-refractivity contribution is 6.01. The van der Waals surface area contributed by atoms with Crippen molar-refractivity contribution in [1.29, 1.82) is 0 Å². The molecule has 2 aliphatic rings. The van der Waals surface area contributed by atoms with Crippen LogP contribution in [-0.2, 0) is 0 Å². The molecule has 1 heterocycles. The summed E-state index contributed by atoms with van der Waals surface area (Å²) in [6, 6.07) is 15.7. The molecule has 0 spiro atoms. The van der Waals surface area contributed by atoms with Crippen molar-refractivity contribution < 1.29 is 0 Å². The minimum atomic E-state index is 0.414. The van der Waals surface area contributed by atoms with E-state index >= 15 is 0 Å². The van der Waals surface area contributed by atoms with Gasteiger partial charge in [0.1, 0.15) is 0 Å². The summed E-state index contributed by atoms with van der Waals surface area (Å²) in [5.41, 5.74) is 8.42. The third kappa shape index (κ3) is 1.07. The molecule has 0 saturated heterocycles. The monoisotopic (exact) mass is 233 g/mol. The van der Waals surface area contributed by atoms with Crippen LogP contribution >= 0.6 is 0 Å². The van der Waals surface area contributed by atoms with Crippen molar-refractivity contribution in [2.75, 3.05) is 11.9 Å². The van der Waals surface area contributed by atoms with Crippen molar-refractivity contribution in [3.05, 3.63) is 64.7 Å². The minimum Gasteiger partial charge on any atom is -0.363 e. The van der Waals surface area contributed by atoms with Crippen molar-refractivity contribution in [2.24, 2.45) is 0 Å². The lowest BCUT2D eigenvalue weighted by atomic mass is 10.0. The smallest absolute Gasteiger partial charge is 0.0805 e. The van der Waals surface area contributed by atoms with Crippen LogP contribution in [-0.4, -0.2) is 7.05 Å². The van der Waals surface area contributed by atoms with E-state index in [1.54, 1.807) is 0 Å². The number of fused-ring (bicyclic) bond motifs is 5. The standard InChI is InChI=1S/C17H15N/c1-11-6-5-9-14-15-10-12-7-3-4-8-13(12)17(15)18(2)16(11)14/h3-10,17H,1-2H3. The predicted molar refractivity (Wildman–Crippen MR) is 76.6 cm³/mol. The topological polar surface area (TPSA) is 3.24 Å². The van der Waals surface area contributed by atoms with Gasteiger partial charge in [0.15, 0.2) is 0 Å². The van der Waals surface area contributed by atoms with Gasteiger partial charge in [0.05, 0.1) is 6.04 Å². The maximum Gasteiger partial charge on any atom is 0.0805 e. The SMILES string of the molecule is Cc1cccc2c1N(C)C1C2=Cc2ccccc21. The van der Waals surface area contributed by atoms with Crippen LogP contribution < -0.4 is 4.90 Å². The summed E-state index contributed by atoms with van der Waals surface area (Å²) in [4.78, 5) is 2.42. The van der Waals surface area contributed by atoms with Crippen LogP contribution in [0.1, 0.15) is 28.3 Å². The van der Waals surface area contributed by atoms with E-state index in [1.165, 1.54) is 33.5 Å². The molecule has 1 nitrogen and oxygen atoms in total. The van der Waals surface area contributed by atoms with Gasteiger partial charge >= 0.3 is 0 Å². The molecule has 2 aromatic rings. The Kier molecular flexibility index (Phi) is 1.80. The third-order valence-electron chi connectivity index (χ3n) is 4.18. The molecule has 2 aromatic carbocycles. The van der Waals surface area contributed by atoms with E-state index in [9.17, 15) is 0 Å². The summed E-state index contributed by atoms with van der Waals surface area (Å²) in [6.45, 7) is 2.20. The first-order chi connectivity index (χ1) is 8.77. The molecule has 0 N–H and O–H groups in total. The number of aryl methyl sites for hydroxylation is 1. The van der Waals surface area contributed by atoms with Gasteiger partial charge in [0, 0.05) is 18.3 Å². The van der Waals surface area contributed by atoms with Gasteiger partial charge in [-0.15, -0.1) is 0 Å². The van der Waals surface area contributed by atoms with Crippen LogP contribution in [0.4, 0.5) is 5.69 Å². The second kappa shape index (κ2) is 3.26. The van der Waals surface area contributed by atoms with E-state index < -0.39 is 0 Å². The molecule has 88 valence electrons. The highest BCUT2D eigenvalue weighted by Gasteiger charge is 2.37. The molecule has 1 aliphatic carbocycles. The number of rotatable bonds is 0. The number of hydrogen-bond donors (Lipinski definition) is 0. The summed E-state index contributed by atoms with van der Waals surface area (Å²) in [7, 11) is 2.21. The fourth-order valence-electron chi connectivity index (χ4n) is 3.44. The molecular weight excluding hydrogens is 218 g/mol. The molecule has 1 unspecified atom stereocenters. The Bertz CT molecular complexity index is 682. The largest absolute Gasteiger partial charge is 0.363 e. The quantitative estimate of drug-likeness (QED) is 0.663. The summed E-state index contributed by atoms with van der Waals surface area (Å²) < 4.78 is 0. The molecule has 0 amide bonds. The van der Waals surface area contributed by atoms with Crippen LogP contribution in [0.5, 0.6) is 0 Å². The van der Waals surface area contributed by atoms with Crippen molar-refractivity contribution >= 4 is 17.3 Å². The summed E-state index contributed by atoms with van der Waals surface area (Å²) in [6.07, 6.45) is 2.35. The maximum atomic E-state index is 2.42. The summed E-state index contributed by atoms with van der Waals surface area (Å²) in [5, 5.41) is 0. The molecule has 0 radical (unpaired) electrons. The van der Waals surface area contributed by atoms with Crippen LogP contribution in [0.2, 0.25) is 0 Å². The molecule has 1 atom stereocenters. The fourth-order valence-corrected chi connectivity index (χ4v) is 3.44. The van der Waals surface area contributed by atoms with E-state index in [-0.39, 0.29) is 0 Å². The first-order valence-corrected chi connectivity index (χ1v) is 6.41. The van der Waals surface area contributed by atoms with Gasteiger partial charge in [-0.3, -0.25) is 0 Å². The average molecular weight is 233 g/mol. The highest BCUT2D eigenvalue weighted by Crippen LogP contribution is 2.53. The van der Waals surface area contributed by atoms with Crippen molar-refractivity contribution in [3.63, 3.8) is 0 Å². The maximum absolute atomic E-state index is 2.42. The van der Waals surface area contributed by atoms with E-state index in [0.717, 1.165) is 0 Å². The molecule has 0 fully saturated rings. The van der Waals surface area contributed by atoms with Gasteiger partial charge in [-0.2, -0.15) is 0 Å². The summed E-state index contributed by atoms with van der Waals surface area (Å²) >= 11 is 0. The highest BCUT2D eigenvalue weighted by atomic mass is 15.2. The molecule has 0 saturated carbocycles. The van der Waals surface area contributed by atoms with E-state index in [0.29, 0.717) is 6.04 Å². The number of nitrogens with zero attached hydrogens (tertiary/aromatic N) is 1. The van der Waals surface area contributed by atoms with Gasteiger partial charge in [0.25, 0.3) is 0 Å². The van der Waals surface area contributed by atoms with Crippen LogP contribution in [0.15, 0.2) is 42.5 Å². The minimum absolute atomic E-state index is 0.414. The molecular formula is C17H15N. The fraction of sp³-hybridized carbons (Fsp3) is 0.176. The Hall–Kier alpha value is -2.02. The van der Waals surface area contributed by atoms with Gasteiger partial charge in [-0.05, 0) is 35.3 Å².